The van der Waals surface area contributed by atoms with Gasteiger partial charge >= 0.3 is 0 Å². The van der Waals surface area contributed by atoms with E-state index in [2.05, 4.69) is 4.99 Å². The fraction of sp³-hybridized carbons (Fsp3) is 0.333. The number of hydrogen-bond donors (Lipinski definition) is 3. The molecule has 0 aliphatic carbocycles. The highest BCUT2D eigenvalue weighted by Crippen LogP contribution is 2.21. The van der Waals surface area contributed by atoms with Crippen LogP contribution in [0.3, 0.4) is 0 Å². The van der Waals surface area contributed by atoms with Gasteiger partial charge in [0.25, 0.3) is 0 Å². The lowest BCUT2D eigenvalue weighted by Crippen LogP contribution is -2.49. The van der Waals surface area contributed by atoms with Gasteiger partial charge < -0.3 is 11.5 Å². The summed E-state index contributed by atoms with van der Waals surface area (Å²) in [6.07, 6.45) is 0. The monoisotopic (exact) mass is 337 g/mol. The molecule has 0 aliphatic heterocycles. The van der Waals surface area contributed by atoms with Crippen LogP contribution < -0.4 is 11.5 Å². The van der Waals surface area contributed by atoms with Gasteiger partial charge in [-0.25, -0.2) is 4.99 Å². The molecule has 1 rings (SSSR count). The highest BCUT2D eigenvalue weighted by Gasteiger charge is 2.14. The number of benzene rings is 1. The van der Waals surface area contributed by atoms with Crippen LogP contribution in [-0.4, -0.2) is 22.9 Å². The van der Waals surface area contributed by atoms with Crippen molar-refractivity contribution < 1.29 is 0 Å². The van der Waals surface area contributed by atoms with E-state index in [0.717, 1.165) is 5.56 Å². The van der Waals surface area contributed by atoms with Crippen molar-refractivity contribution >= 4 is 47.5 Å². The smallest absolute Gasteiger partial charge is 0.198 e. The Morgan fingerprint density at radius 2 is 1.95 bits per heavy atom. The zero-order valence-corrected chi connectivity index (χ0v) is 13.6. The zero-order valence-electron chi connectivity index (χ0n) is 11.2. The fourth-order valence-corrected chi connectivity index (χ4v) is 2.03. The van der Waals surface area contributed by atoms with Crippen molar-refractivity contribution in [2.75, 3.05) is 0 Å². The molecule has 1 aromatic carbocycles. The molecule has 0 spiro atoms. The van der Waals surface area contributed by atoms with E-state index in [9.17, 15) is 0 Å². The van der Waals surface area contributed by atoms with Crippen molar-refractivity contribution in [2.45, 2.75) is 26.4 Å². The Bertz CT molecular complexity index is 502. The molecule has 0 fully saturated rings. The van der Waals surface area contributed by atoms with E-state index >= 15 is 0 Å². The third-order valence-electron chi connectivity index (χ3n) is 2.45. The lowest BCUT2D eigenvalue weighted by molar-refractivity contribution is 0.485. The summed E-state index contributed by atoms with van der Waals surface area (Å²) >= 11 is 11.9. The molecule has 0 saturated carbocycles. The van der Waals surface area contributed by atoms with Gasteiger partial charge in [0.15, 0.2) is 11.9 Å². The van der Waals surface area contributed by atoms with Crippen LogP contribution in [0, 0.1) is 5.41 Å². The van der Waals surface area contributed by atoms with Crippen molar-refractivity contribution in [2.24, 2.45) is 16.5 Å². The number of aliphatic imine (C=N–C) groups is 1. The summed E-state index contributed by atoms with van der Waals surface area (Å²) in [7, 11) is 0. The Morgan fingerprint density at radius 3 is 2.40 bits per heavy atom. The van der Waals surface area contributed by atoms with Crippen LogP contribution >= 0.6 is 35.6 Å². The molecule has 5 nitrogen and oxygen atoms in total. The minimum absolute atomic E-state index is 0. The summed E-state index contributed by atoms with van der Waals surface area (Å²) in [4.78, 5) is 5.63. The summed E-state index contributed by atoms with van der Waals surface area (Å²) in [5.41, 5.74) is 12.1. The summed E-state index contributed by atoms with van der Waals surface area (Å²) in [6.45, 7) is 4.05. The van der Waals surface area contributed by atoms with Crippen LogP contribution in [-0.2, 0) is 6.54 Å². The van der Waals surface area contributed by atoms with Crippen molar-refractivity contribution in [1.29, 1.82) is 5.41 Å². The highest BCUT2D eigenvalue weighted by molar-refractivity contribution is 6.35. The van der Waals surface area contributed by atoms with E-state index in [1.165, 1.54) is 4.90 Å². The van der Waals surface area contributed by atoms with E-state index < -0.39 is 0 Å². The SMILES string of the molecule is CC(C)N(C(=N)N)C(N)=NCc1ccc(Cl)cc1Cl.Cl. The molecule has 1 aromatic rings. The Hall–Kier alpha value is -1.17. The Kier molecular flexibility index (Phi) is 7.71. The number of halogens is 3. The number of hydrogen-bond acceptors (Lipinski definition) is 2. The minimum Gasteiger partial charge on any atom is -0.370 e. The van der Waals surface area contributed by atoms with Gasteiger partial charge in [0.1, 0.15) is 0 Å². The number of nitrogens with two attached hydrogens (primary N) is 2. The van der Waals surface area contributed by atoms with Crippen LogP contribution in [0.1, 0.15) is 19.4 Å². The second kappa shape index (κ2) is 8.19. The average Bonchev–Trinajstić information content (AvgIpc) is 2.26. The van der Waals surface area contributed by atoms with E-state index in [1.54, 1.807) is 18.2 Å². The molecule has 8 heteroatoms. The largest absolute Gasteiger partial charge is 0.370 e. The second-order valence-corrected chi connectivity index (χ2v) is 5.10. The molecule has 0 saturated heterocycles. The van der Waals surface area contributed by atoms with E-state index in [1.807, 2.05) is 13.8 Å². The maximum Gasteiger partial charge on any atom is 0.198 e. The molecule has 0 atom stereocenters. The maximum atomic E-state index is 7.47. The molecule has 0 radical (unpaired) electrons. The van der Waals surface area contributed by atoms with Crippen LogP contribution in [0.5, 0.6) is 0 Å². The normalized spacial score (nSPS) is 11.2. The molecule has 5 N–H and O–H groups in total. The molecule has 0 heterocycles. The molecule has 0 amide bonds. The number of nitrogens with one attached hydrogen (secondary N) is 1. The first-order valence-corrected chi connectivity index (χ1v) is 6.45. The van der Waals surface area contributed by atoms with Gasteiger partial charge in [0.2, 0.25) is 0 Å². The zero-order chi connectivity index (χ0) is 14.6. The van der Waals surface area contributed by atoms with Crippen molar-refractivity contribution in [3.8, 4) is 0 Å². The molecule has 20 heavy (non-hydrogen) atoms. The van der Waals surface area contributed by atoms with Crippen molar-refractivity contribution in [3.63, 3.8) is 0 Å². The predicted octanol–water partition coefficient (Wildman–Crippen LogP) is 2.83. The van der Waals surface area contributed by atoms with E-state index in [-0.39, 0.29) is 30.4 Å². The van der Waals surface area contributed by atoms with Gasteiger partial charge in [0.05, 0.1) is 6.54 Å². The van der Waals surface area contributed by atoms with Gasteiger partial charge in [-0.15, -0.1) is 12.4 Å². The number of guanidine groups is 2. The quantitative estimate of drug-likeness (QED) is 0.584. The minimum atomic E-state index is -0.140. The lowest BCUT2D eigenvalue weighted by Gasteiger charge is -2.25. The molecule has 0 aromatic heterocycles. The maximum absolute atomic E-state index is 7.47. The van der Waals surface area contributed by atoms with Crippen LogP contribution in [0.15, 0.2) is 23.2 Å². The van der Waals surface area contributed by atoms with Crippen LogP contribution in [0.4, 0.5) is 0 Å². The molecular formula is C12H18Cl3N5. The molecule has 0 aliphatic rings. The first kappa shape index (κ1) is 18.8. The lowest BCUT2D eigenvalue weighted by atomic mass is 10.2. The Labute approximate surface area is 134 Å². The van der Waals surface area contributed by atoms with Crippen molar-refractivity contribution in [3.05, 3.63) is 33.8 Å². The van der Waals surface area contributed by atoms with Crippen LogP contribution in [0.2, 0.25) is 10.0 Å². The number of nitrogens with zero attached hydrogens (tertiary/aromatic N) is 2. The van der Waals surface area contributed by atoms with Crippen molar-refractivity contribution in [1.82, 2.24) is 4.90 Å². The van der Waals surface area contributed by atoms with Gasteiger partial charge in [-0.1, -0.05) is 29.3 Å². The molecule has 112 valence electrons. The third-order valence-corrected chi connectivity index (χ3v) is 3.04. The summed E-state index contributed by atoms with van der Waals surface area (Å²) in [5.74, 6) is 0.0481. The second-order valence-electron chi connectivity index (χ2n) is 4.26. The summed E-state index contributed by atoms with van der Waals surface area (Å²) < 4.78 is 0. The Balaban J connectivity index is 0.00000361. The van der Waals surface area contributed by atoms with Gasteiger partial charge in [-0.3, -0.25) is 10.3 Å². The van der Waals surface area contributed by atoms with E-state index in [4.69, 9.17) is 40.1 Å². The topological polar surface area (TPSA) is 91.5 Å². The molecule has 0 unspecified atom stereocenters. The molecular weight excluding hydrogens is 321 g/mol. The highest BCUT2D eigenvalue weighted by atomic mass is 35.5. The van der Waals surface area contributed by atoms with E-state index in [0.29, 0.717) is 16.6 Å². The summed E-state index contributed by atoms with van der Waals surface area (Å²) in [6, 6.07) is 5.13. The predicted molar refractivity (Wildman–Crippen MR) is 87.9 cm³/mol. The van der Waals surface area contributed by atoms with Gasteiger partial charge in [-0.05, 0) is 31.5 Å². The Morgan fingerprint density at radius 1 is 1.35 bits per heavy atom. The third kappa shape index (κ3) is 5.07. The van der Waals surface area contributed by atoms with Gasteiger partial charge in [-0.2, -0.15) is 0 Å². The standard InChI is InChI=1S/C12H17Cl2N5.ClH/c1-7(2)19(11(15)16)12(17)18-6-8-3-4-9(13)5-10(8)14;/h3-5,7H,6H2,1-2H3,(H3,15,16)(H2,17,18);1H. The average molecular weight is 339 g/mol. The van der Waals surface area contributed by atoms with Gasteiger partial charge in [0, 0.05) is 16.1 Å². The number of rotatable bonds is 3. The fourth-order valence-electron chi connectivity index (χ4n) is 1.56. The summed E-state index contributed by atoms with van der Waals surface area (Å²) in [5, 5.41) is 8.56. The first-order valence-electron chi connectivity index (χ1n) is 5.70. The molecule has 0 bridgehead atoms. The van der Waals surface area contributed by atoms with Crippen LogP contribution in [0.25, 0.3) is 0 Å². The first-order chi connectivity index (χ1) is 8.82.